The Morgan fingerprint density at radius 1 is 1.03 bits per heavy atom. The van der Waals surface area contributed by atoms with Crippen molar-refractivity contribution in [3.05, 3.63) is 112 Å². The molecule has 1 aliphatic rings. The monoisotopic (exact) mass is 513 g/mol. The number of carbonyl (C=O) groups is 1. The van der Waals surface area contributed by atoms with Crippen LogP contribution in [0.5, 0.6) is 0 Å². The number of benzene rings is 3. The number of hydrogen-bond acceptors (Lipinski definition) is 5. The van der Waals surface area contributed by atoms with E-state index in [0.717, 1.165) is 28.1 Å². The van der Waals surface area contributed by atoms with Crippen LogP contribution < -0.4 is 10.6 Å². The van der Waals surface area contributed by atoms with E-state index in [2.05, 4.69) is 35.8 Å². The average Bonchev–Trinajstić information content (AvgIpc) is 3.26. The largest absolute Gasteiger partial charge is 0.328 e. The molecule has 1 aromatic heterocycles. The van der Waals surface area contributed by atoms with Crippen LogP contribution in [-0.2, 0) is 10.5 Å². The van der Waals surface area contributed by atoms with E-state index < -0.39 is 6.04 Å². The number of nitrogens with zero attached hydrogens (tertiary/aromatic N) is 3. The molecular formula is C29H28FN5OS. The third-order valence-corrected chi connectivity index (χ3v) is 7.25. The Morgan fingerprint density at radius 2 is 1.78 bits per heavy atom. The molecule has 1 atom stereocenters. The lowest BCUT2D eigenvalue weighted by molar-refractivity contribution is -0.113. The number of aromatic nitrogens is 3. The van der Waals surface area contributed by atoms with Gasteiger partial charge in [0.15, 0.2) is 0 Å². The molecule has 0 unspecified atom stereocenters. The first-order chi connectivity index (χ1) is 17.8. The third kappa shape index (κ3) is 5.29. The van der Waals surface area contributed by atoms with Crippen molar-refractivity contribution in [2.24, 2.45) is 0 Å². The van der Waals surface area contributed by atoms with Crippen LogP contribution in [0.25, 0.3) is 0 Å². The SMILES string of the molecule is CC1=C(C(=O)Nc2ccc(C)cc2C)[C@H](c2ccc(F)cc2)n2nc(SCc3cccc(C)c3)nc2N1. The molecule has 1 amide bonds. The summed E-state index contributed by atoms with van der Waals surface area (Å²) in [5.74, 6) is 0.676. The highest BCUT2D eigenvalue weighted by Crippen LogP contribution is 2.37. The molecule has 5 rings (SSSR count). The first-order valence-electron chi connectivity index (χ1n) is 12.1. The molecule has 3 aromatic carbocycles. The van der Waals surface area contributed by atoms with Crippen molar-refractivity contribution in [3.63, 3.8) is 0 Å². The van der Waals surface area contributed by atoms with Crippen LogP contribution in [0.1, 0.15) is 40.8 Å². The minimum absolute atomic E-state index is 0.249. The van der Waals surface area contributed by atoms with Gasteiger partial charge < -0.3 is 10.6 Å². The summed E-state index contributed by atoms with van der Waals surface area (Å²) in [6.45, 7) is 7.90. The predicted octanol–water partition coefficient (Wildman–Crippen LogP) is 6.56. The number of rotatable bonds is 6. The number of hydrogen-bond donors (Lipinski definition) is 2. The Hall–Kier alpha value is -3.91. The quantitative estimate of drug-likeness (QED) is 0.286. The number of anilines is 2. The number of nitrogens with one attached hydrogen (secondary N) is 2. The van der Waals surface area contributed by atoms with Crippen molar-refractivity contribution in [1.82, 2.24) is 14.8 Å². The van der Waals surface area contributed by atoms with Gasteiger partial charge in [0, 0.05) is 17.1 Å². The maximum atomic E-state index is 13.8. The van der Waals surface area contributed by atoms with E-state index >= 15 is 0 Å². The molecule has 6 nitrogen and oxygen atoms in total. The molecule has 0 spiro atoms. The van der Waals surface area contributed by atoms with Crippen molar-refractivity contribution >= 4 is 29.3 Å². The van der Waals surface area contributed by atoms with Gasteiger partial charge in [-0.15, -0.1) is 5.10 Å². The van der Waals surface area contributed by atoms with Crippen LogP contribution in [0.2, 0.25) is 0 Å². The van der Waals surface area contributed by atoms with Gasteiger partial charge >= 0.3 is 0 Å². The summed E-state index contributed by atoms with van der Waals surface area (Å²) in [4.78, 5) is 18.4. The first kappa shape index (κ1) is 24.8. The normalized spacial score (nSPS) is 14.8. The lowest BCUT2D eigenvalue weighted by atomic mass is 9.95. The summed E-state index contributed by atoms with van der Waals surface area (Å²) in [5, 5.41) is 11.7. The zero-order chi connectivity index (χ0) is 26.1. The van der Waals surface area contributed by atoms with E-state index in [0.29, 0.717) is 22.4 Å². The minimum atomic E-state index is -0.566. The number of carbonyl (C=O) groups excluding carboxylic acids is 1. The fraction of sp³-hybridized carbons (Fsp3) is 0.207. The Balaban J connectivity index is 1.49. The molecule has 2 N–H and O–H groups in total. The summed E-state index contributed by atoms with van der Waals surface area (Å²) in [7, 11) is 0. The topological polar surface area (TPSA) is 71.8 Å². The summed E-state index contributed by atoms with van der Waals surface area (Å²) in [6.07, 6.45) is 0. The van der Waals surface area contributed by atoms with Crippen molar-refractivity contribution in [2.75, 3.05) is 10.6 Å². The molecular weight excluding hydrogens is 485 g/mol. The Kier molecular flexibility index (Phi) is 6.84. The van der Waals surface area contributed by atoms with Gasteiger partial charge in [-0.25, -0.2) is 9.07 Å². The fourth-order valence-corrected chi connectivity index (χ4v) is 5.31. The van der Waals surface area contributed by atoms with Crippen molar-refractivity contribution in [2.45, 2.75) is 44.6 Å². The molecule has 8 heteroatoms. The molecule has 0 bridgehead atoms. The smallest absolute Gasteiger partial charge is 0.255 e. The second-order valence-electron chi connectivity index (χ2n) is 9.33. The number of thioether (sulfide) groups is 1. The van der Waals surface area contributed by atoms with E-state index in [1.807, 2.05) is 45.0 Å². The third-order valence-electron chi connectivity index (χ3n) is 6.34. The van der Waals surface area contributed by atoms with Crippen molar-refractivity contribution in [3.8, 4) is 0 Å². The molecule has 4 aromatic rings. The molecule has 0 saturated carbocycles. The van der Waals surface area contributed by atoms with E-state index in [1.165, 1.54) is 35.0 Å². The summed E-state index contributed by atoms with van der Waals surface area (Å²) >= 11 is 1.53. The highest BCUT2D eigenvalue weighted by atomic mass is 32.2. The lowest BCUT2D eigenvalue weighted by Crippen LogP contribution is -2.31. The van der Waals surface area contributed by atoms with Gasteiger partial charge in [-0.3, -0.25) is 4.79 Å². The molecule has 188 valence electrons. The highest BCUT2D eigenvalue weighted by molar-refractivity contribution is 7.98. The van der Waals surface area contributed by atoms with Gasteiger partial charge in [0.25, 0.3) is 5.91 Å². The van der Waals surface area contributed by atoms with E-state index in [-0.39, 0.29) is 11.7 Å². The Labute approximate surface area is 220 Å². The zero-order valence-electron chi connectivity index (χ0n) is 21.2. The Bertz CT molecular complexity index is 1510. The molecule has 0 fully saturated rings. The summed E-state index contributed by atoms with van der Waals surface area (Å²) in [6, 6.07) is 19.8. The standard InChI is InChI=1S/C29H28FN5OS/c1-17-6-5-7-21(15-17)16-37-29-33-28-31-20(4)25(27(36)32-24-13-8-18(2)14-19(24)3)26(35(28)34-29)22-9-11-23(30)12-10-22/h5-15,26H,16H2,1-4H3,(H,32,36)(H,31,33,34)/t26-/m0/s1. The maximum Gasteiger partial charge on any atom is 0.255 e. The minimum Gasteiger partial charge on any atom is -0.328 e. The van der Waals surface area contributed by atoms with Crippen LogP contribution in [0.3, 0.4) is 0 Å². The maximum absolute atomic E-state index is 13.8. The number of amides is 1. The van der Waals surface area contributed by atoms with Gasteiger partial charge in [-0.1, -0.05) is 71.4 Å². The van der Waals surface area contributed by atoms with Crippen LogP contribution in [0, 0.1) is 26.6 Å². The lowest BCUT2D eigenvalue weighted by Gasteiger charge is -2.28. The van der Waals surface area contributed by atoms with Gasteiger partial charge in [-0.2, -0.15) is 4.98 Å². The van der Waals surface area contributed by atoms with E-state index in [9.17, 15) is 9.18 Å². The molecule has 0 radical (unpaired) electrons. The second-order valence-corrected chi connectivity index (χ2v) is 10.3. The first-order valence-corrected chi connectivity index (χ1v) is 13.0. The molecule has 0 aliphatic carbocycles. The van der Waals surface area contributed by atoms with Crippen LogP contribution in [-0.4, -0.2) is 20.7 Å². The number of aryl methyl sites for hydroxylation is 3. The summed E-state index contributed by atoms with van der Waals surface area (Å²) < 4.78 is 15.5. The fourth-order valence-electron chi connectivity index (χ4n) is 4.53. The molecule has 2 heterocycles. The average molecular weight is 514 g/mol. The predicted molar refractivity (Wildman–Crippen MR) is 146 cm³/mol. The van der Waals surface area contributed by atoms with E-state index in [4.69, 9.17) is 10.1 Å². The molecule has 0 saturated heterocycles. The van der Waals surface area contributed by atoms with Crippen LogP contribution >= 0.6 is 11.8 Å². The number of allylic oxidation sites excluding steroid dienone is 1. The Morgan fingerprint density at radius 3 is 2.51 bits per heavy atom. The van der Waals surface area contributed by atoms with Gasteiger partial charge in [-0.05, 0) is 62.6 Å². The summed E-state index contributed by atoms with van der Waals surface area (Å²) in [5.41, 5.74) is 7.14. The van der Waals surface area contributed by atoms with Gasteiger partial charge in [0.2, 0.25) is 11.1 Å². The molecule has 37 heavy (non-hydrogen) atoms. The van der Waals surface area contributed by atoms with Crippen LogP contribution in [0.4, 0.5) is 16.0 Å². The van der Waals surface area contributed by atoms with Crippen molar-refractivity contribution in [1.29, 1.82) is 0 Å². The van der Waals surface area contributed by atoms with Gasteiger partial charge in [0.1, 0.15) is 11.9 Å². The number of fused-ring (bicyclic) bond motifs is 1. The van der Waals surface area contributed by atoms with E-state index in [1.54, 1.807) is 16.8 Å². The van der Waals surface area contributed by atoms with Crippen molar-refractivity contribution < 1.29 is 9.18 Å². The highest BCUT2D eigenvalue weighted by Gasteiger charge is 2.34. The van der Waals surface area contributed by atoms with Crippen LogP contribution in [0.15, 0.2) is 83.2 Å². The second kappa shape index (κ2) is 10.2. The molecule has 1 aliphatic heterocycles. The van der Waals surface area contributed by atoms with Gasteiger partial charge in [0.05, 0.1) is 5.57 Å². The zero-order valence-corrected chi connectivity index (χ0v) is 22.0. The number of halogens is 1.